The normalized spacial score (nSPS) is 23.1. The standard InChI is InChI=1S/C18H20FN3O5/c1-8(23)14-12(22-17(25)15(14)19)7-27-18-10-6-13(26-2)11(16(20)24)5-9(10)3-4-21-18/h3-6,8,12,14-15,23H,7H2,1-2H3,(H2,20,24)(H,22,25)/t8?,12-,14?,15+/m1/s1. The number of methoxy groups -OCH3 is 1. The van der Waals surface area contributed by atoms with Crippen molar-refractivity contribution in [3.05, 3.63) is 30.0 Å². The van der Waals surface area contributed by atoms with E-state index in [2.05, 4.69) is 10.3 Å². The number of pyridine rings is 1. The van der Waals surface area contributed by atoms with Crippen LogP contribution in [0.15, 0.2) is 24.4 Å². The fourth-order valence-corrected chi connectivity index (χ4v) is 3.29. The minimum atomic E-state index is -1.79. The first-order valence-corrected chi connectivity index (χ1v) is 8.35. The van der Waals surface area contributed by atoms with Crippen molar-refractivity contribution in [3.8, 4) is 11.6 Å². The number of rotatable bonds is 6. The lowest BCUT2D eigenvalue weighted by Crippen LogP contribution is -2.39. The average Bonchev–Trinajstić information content (AvgIpc) is 2.92. The molecule has 2 heterocycles. The van der Waals surface area contributed by atoms with Crippen LogP contribution >= 0.6 is 0 Å². The van der Waals surface area contributed by atoms with Crippen molar-refractivity contribution in [2.24, 2.45) is 11.7 Å². The summed E-state index contributed by atoms with van der Waals surface area (Å²) in [4.78, 5) is 27.3. The molecule has 1 fully saturated rings. The van der Waals surface area contributed by atoms with Crippen LogP contribution in [0.2, 0.25) is 0 Å². The number of hydrogen-bond donors (Lipinski definition) is 3. The van der Waals surface area contributed by atoms with Gasteiger partial charge in [0, 0.05) is 17.5 Å². The van der Waals surface area contributed by atoms with Crippen LogP contribution in [0, 0.1) is 5.92 Å². The van der Waals surface area contributed by atoms with Crippen molar-refractivity contribution in [1.82, 2.24) is 10.3 Å². The third-order valence-corrected chi connectivity index (χ3v) is 4.65. The smallest absolute Gasteiger partial charge is 0.255 e. The summed E-state index contributed by atoms with van der Waals surface area (Å²) in [5.74, 6) is -1.82. The summed E-state index contributed by atoms with van der Waals surface area (Å²) in [6.07, 6.45) is -1.32. The Morgan fingerprint density at radius 3 is 2.85 bits per heavy atom. The predicted molar refractivity (Wildman–Crippen MR) is 94.3 cm³/mol. The van der Waals surface area contributed by atoms with E-state index in [1.807, 2.05) is 0 Å². The summed E-state index contributed by atoms with van der Waals surface area (Å²) in [6.45, 7) is 1.35. The van der Waals surface area contributed by atoms with E-state index in [1.165, 1.54) is 20.2 Å². The molecular formula is C18H20FN3O5. The number of aromatic nitrogens is 1. The topological polar surface area (TPSA) is 124 Å². The van der Waals surface area contributed by atoms with E-state index >= 15 is 0 Å². The third-order valence-electron chi connectivity index (χ3n) is 4.65. The SMILES string of the molecule is COc1cc2c(OC[C@H]3NC(=O)[C@@H](F)C3C(C)O)nccc2cc1C(N)=O. The highest BCUT2D eigenvalue weighted by atomic mass is 19.1. The molecule has 1 aromatic heterocycles. The Morgan fingerprint density at radius 1 is 1.48 bits per heavy atom. The maximum atomic E-state index is 14.0. The van der Waals surface area contributed by atoms with Gasteiger partial charge in [-0.25, -0.2) is 9.37 Å². The zero-order valence-electron chi connectivity index (χ0n) is 14.8. The number of ether oxygens (including phenoxy) is 2. The molecule has 0 bridgehead atoms. The molecule has 4 N–H and O–H groups in total. The second kappa shape index (κ2) is 7.36. The van der Waals surface area contributed by atoms with Crippen LogP contribution in [0.5, 0.6) is 11.6 Å². The Bertz CT molecular complexity index is 889. The highest BCUT2D eigenvalue weighted by molar-refractivity contribution is 6.01. The Hall–Kier alpha value is -2.94. The van der Waals surface area contributed by atoms with Crippen molar-refractivity contribution in [3.63, 3.8) is 0 Å². The van der Waals surface area contributed by atoms with Gasteiger partial charge in [-0.1, -0.05) is 0 Å². The number of hydrogen-bond acceptors (Lipinski definition) is 6. The molecule has 0 saturated carbocycles. The van der Waals surface area contributed by atoms with Crippen molar-refractivity contribution >= 4 is 22.6 Å². The molecule has 1 aliphatic rings. The van der Waals surface area contributed by atoms with E-state index in [-0.39, 0.29) is 23.8 Å². The summed E-state index contributed by atoms with van der Waals surface area (Å²) < 4.78 is 24.9. The number of amides is 2. The van der Waals surface area contributed by atoms with Gasteiger partial charge in [-0.2, -0.15) is 0 Å². The molecule has 27 heavy (non-hydrogen) atoms. The molecule has 3 rings (SSSR count). The third kappa shape index (κ3) is 3.50. The number of nitrogens with one attached hydrogen (secondary N) is 1. The lowest BCUT2D eigenvalue weighted by atomic mass is 9.94. The van der Waals surface area contributed by atoms with Crippen molar-refractivity contribution in [2.45, 2.75) is 25.2 Å². The number of benzene rings is 1. The minimum Gasteiger partial charge on any atom is -0.496 e. The summed E-state index contributed by atoms with van der Waals surface area (Å²) in [6, 6.07) is 4.13. The van der Waals surface area contributed by atoms with Crippen molar-refractivity contribution in [1.29, 1.82) is 0 Å². The molecule has 2 aromatic rings. The van der Waals surface area contributed by atoms with Gasteiger partial charge in [0.15, 0.2) is 6.17 Å². The maximum absolute atomic E-state index is 14.0. The molecule has 1 aliphatic heterocycles. The van der Waals surface area contributed by atoms with Gasteiger partial charge < -0.3 is 25.6 Å². The molecule has 1 aromatic carbocycles. The molecule has 144 valence electrons. The highest BCUT2D eigenvalue weighted by Crippen LogP contribution is 2.31. The second-order valence-electron chi connectivity index (χ2n) is 6.40. The number of aliphatic hydroxyl groups is 1. The first kappa shape index (κ1) is 18.8. The summed E-state index contributed by atoms with van der Waals surface area (Å²) in [7, 11) is 1.41. The van der Waals surface area contributed by atoms with Crippen LogP contribution in [0.4, 0.5) is 4.39 Å². The fourth-order valence-electron chi connectivity index (χ4n) is 3.29. The van der Waals surface area contributed by atoms with Gasteiger partial charge >= 0.3 is 0 Å². The second-order valence-corrected chi connectivity index (χ2v) is 6.40. The molecule has 0 radical (unpaired) electrons. The maximum Gasteiger partial charge on any atom is 0.255 e. The molecule has 1 saturated heterocycles. The summed E-state index contributed by atoms with van der Waals surface area (Å²) >= 11 is 0. The van der Waals surface area contributed by atoms with Gasteiger partial charge in [-0.05, 0) is 30.5 Å². The molecular weight excluding hydrogens is 357 g/mol. The van der Waals surface area contributed by atoms with Gasteiger partial charge in [-0.15, -0.1) is 0 Å². The number of fused-ring (bicyclic) bond motifs is 1. The van der Waals surface area contributed by atoms with E-state index in [4.69, 9.17) is 15.2 Å². The Kier molecular flexibility index (Phi) is 5.13. The molecule has 2 amide bonds. The first-order chi connectivity index (χ1) is 12.8. The number of carbonyl (C=O) groups is 2. The zero-order chi connectivity index (χ0) is 19.7. The van der Waals surface area contributed by atoms with Crippen LogP contribution in [0.3, 0.4) is 0 Å². The van der Waals surface area contributed by atoms with E-state index < -0.39 is 36.0 Å². The number of nitrogens with zero attached hydrogens (tertiary/aromatic N) is 1. The molecule has 0 aliphatic carbocycles. The lowest BCUT2D eigenvalue weighted by molar-refractivity contribution is -0.124. The number of nitrogens with two attached hydrogens (primary N) is 1. The predicted octanol–water partition coefficient (Wildman–Crippen LogP) is 0.555. The van der Waals surface area contributed by atoms with Crippen molar-refractivity contribution < 1.29 is 28.6 Å². The Balaban J connectivity index is 1.89. The number of aliphatic hydroxyl groups excluding tert-OH is 1. The van der Waals surface area contributed by atoms with Gasteiger partial charge in [0.1, 0.15) is 12.4 Å². The molecule has 8 nitrogen and oxygen atoms in total. The van der Waals surface area contributed by atoms with Gasteiger partial charge in [0.2, 0.25) is 5.88 Å². The quantitative estimate of drug-likeness (QED) is 0.676. The van der Waals surface area contributed by atoms with Gasteiger partial charge in [0.05, 0.1) is 24.8 Å². The largest absolute Gasteiger partial charge is 0.496 e. The van der Waals surface area contributed by atoms with Crippen LogP contribution in [0.1, 0.15) is 17.3 Å². The molecule has 0 spiro atoms. The van der Waals surface area contributed by atoms with E-state index in [1.54, 1.807) is 18.2 Å². The van der Waals surface area contributed by atoms with E-state index in [0.29, 0.717) is 10.8 Å². The number of alkyl halides is 1. The zero-order valence-corrected chi connectivity index (χ0v) is 14.8. The molecule has 9 heteroatoms. The number of halogens is 1. The van der Waals surface area contributed by atoms with Gasteiger partial charge in [-0.3, -0.25) is 9.59 Å². The minimum absolute atomic E-state index is 0.0757. The molecule has 2 unspecified atom stereocenters. The first-order valence-electron chi connectivity index (χ1n) is 8.35. The van der Waals surface area contributed by atoms with E-state index in [9.17, 15) is 19.1 Å². The molecule has 4 atom stereocenters. The fraction of sp³-hybridized carbons (Fsp3) is 0.389. The van der Waals surface area contributed by atoms with Crippen LogP contribution in [0.25, 0.3) is 10.8 Å². The Labute approximate surface area is 154 Å². The van der Waals surface area contributed by atoms with Crippen LogP contribution in [-0.4, -0.2) is 53.9 Å². The van der Waals surface area contributed by atoms with Crippen LogP contribution < -0.4 is 20.5 Å². The monoisotopic (exact) mass is 377 g/mol. The van der Waals surface area contributed by atoms with Gasteiger partial charge in [0.25, 0.3) is 11.8 Å². The van der Waals surface area contributed by atoms with Crippen LogP contribution in [-0.2, 0) is 4.79 Å². The van der Waals surface area contributed by atoms with Crippen molar-refractivity contribution in [2.75, 3.05) is 13.7 Å². The number of carbonyl (C=O) groups excluding carboxylic acids is 2. The Morgan fingerprint density at radius 2 is 2.22 bits per heavy atom. The highest BCUT2D eigenvalue weighted by Gasteiger charge is 2.45. The van der Waals surface area contributed by atoms with E-state index in [0.717, 1.165) is 0 Å². The lowest BCUT2D eigenvalue weighted by Gasteiger charge is -2.22. The average molecular weight is 377 g/mol. The summed E-state index contributed by atoms with van der Waals surface area (Å²) in [5.41, 5.74) is 5.59. The summed E-state index contributed by atoms with van der Waals surface area (Å²) in [5, 5.41) is 13.5. The number of primary amides is 1.